The van der Waals surface area contributed by atoms with E-state index in [4.69, 9.17) is 10.2 Å². The predicted octanol–water partition coefficient (Wildman–Crippen LogP) is 3.93. The summed E-state index contributed by atoms with van der Waals surface area (Å²) in [6.07, 6.45) is 0.620. The largest absolute Gasteiger partial charge is 0.390 e. The molecule has 3 aromatic rings. The summed E-state index contributed by atoms with van der Waals surface area (Å²) in [5.41, 5.74) is 6.65. The maximum Gasteiger partial charge on any atom is 0.242 e. The highest BCUT2D eigenvalue weighted by Gasteiger charge is 2.37. The van der Waals surface area contributed by atoms with Crippen molar-refractivity contribution in [2.45, 2.75) is 32.9 Å². The Kier molecular flexibility index (Phi) is 6.13. The molecular weight excluding hydrogens is 365 g/mol. The fourth-order valence-corrected chi connectivity index (χ4v) is 5.97. The van der Waals surface area contributed by atoms with Gasteiger partial charge in [0.15, 0.2) is 0 Å². The van der Waals surface area contributed by atoms with Crippen molar-refractivity contribution in [2.24, 2.45) is 11.1 Å². The van der Waals surface area contributed by atoms with Crippen LogP contribution in [0.25, 0.3) is 0 Å². The van der Waals surface area contributed by atoms with Crippen molar-refractivity contribution in [3.8, 4) is 0 Å². The monoisotopic (exact) mass is 393 g/mol. The number of hydrogen-bond donors (Lipinski definition) is 1. The van der Waals surface area contributed by atoms with Gasteiger partial charge in [0.05, 0.1) is 0 Å². The molecule has 1 atom stereocenters. The van der Waals surface area contributed by atoms with Crippen LogP contribution < -0.4 is 16.1 Å². The molecule has 0 aromatic heterocycles. The third-order valence-electron chi connectivity index (χ3n) is 4.66. The number of benzene rings is 3. The Hall–Kier alpha value is -2.27. The third kappa shape index (κ3) is 5.16. The first-order valence-corrected chi connectivity index (χ1v) is 11.2. The Morgan fingerprint density at radius 2 is 1.25 bits per heavy atom. The van der Waals surface area contributed by atoms with Crippen LogP contribution in [-0.2, 0) is 10.2 Å². The van der Waals surface area contributed by atoms with Crippen LogP contribution in [-0.4, -0.2) is 9.04 Å². The van der Waals surface area contributed by atoms with Gasteiger partial charge in [0.2, 0.25) is 9.04 Å². The van der Waals surface area contributed by atoms with Gasteiger partial charge in [0.25, 0.3) is 0 Å². The summed E-state index contributed by atoms with van der Waals surface area (Å²) in [5.74, 6) is -0.276. The van der Waals surface area contributed by atoms with Crippen molar-refractivity contribution < 1.29 is 8.82 Å². The highest BCUT2D eigenvalue weighted by molar-refractivity contribution is 6.80. The van der Waals surface area contributed by atoms with Gasteiger partial charge in [-0.25, -0.2) is 4.39 Å². The van der Waals surface area contributed by atoms with Crippen LogP contribution in [0.4, 0.5) is 4.39 Å². The van der Waals surface area contributed by atoms with Gasteiger partial charge in [0, 0.05) is 0 Å². The van der Waals surface area contributed by atoms with Crippen LogP contribution in [0.5, 0.6) is 0 Å². The van der Waals surface area contributed by atoms with Gasteiger partial charge in [-0.15, -0.1) is 0 Å². The Morgan fingerprint density at radius 1 is 0.786 bits per heavy atom. The normalized spacial score (nSPS) is 14.1. The minimum atomic E-state index is -2.07. The zero-order valence-electron chi connectivity index (χ0n) is 16.7. The summed E-state index contributed by atoms with van der Waals surface area (Å²) in [6.45, 7) is 6.43. The van der Waals surface area contributed by atoms with Crippen molar-refractivity contribution in [1.29, 1.82) is 0 Å². The molecule has 3 aromatic carbocycles. The third-order valence-corrected chi connectivity index (χ3v) is 7.30. The van der Waals surface area contributed by atoms with Gasteiger partial charge in [-0.2, -0.15) is 0 Å². The maximum absolute atomic E-state index is 13.5. The molecule has 146 valence electrons. The first-order valence-electron chi connectivity index (χ1n) is 9.59. The van der Waals surface area contributed by atoms with Crippen LogP contribution in [0, 0.1) is 11.2 Å². The smallest absolute Gasteiger partial charge is 0.242 e. The molecule has 0 saturated heterocycles. The average Bonchev–Trinajstić information content (AvgIpc) is 2.67. The molecular formula is C24H28FNOSi. The van der Waals surface area contributed by atoms with Gasteiger partial charge in [0.1, 0.15) is 11.5 Å². The van der Waals surface area contributed by atoms with Gasteiger partial charge >= 0.3 is 0 Å². The van der Waals surface area contributed by atoms with E-state index in [2.05, 4.69) is 45.0 Å². The van der Waals surface area contributed by atoms with Crippen molar-refractivity contribution in [1.82, 2.24) is 0 Å². The number of halogens is 1. The molecule has 3 rings (SSSR count). The molecule has 4 heteroatoms. The lowest BCUT2D eigenvalue weighted by atomic mass is 9.83. The van der Waals surface area contributed by atoms with Crippen molar-refractivity contribution in [3.63, 3.8) is 0 Å². The zero-order chi connectivity index (χ0) is 20.2. The summed E-state index contributed by atoms with van der Waals surface area (Å²) < 4.78 is 20.3. The molecule has 2 N–H and O–H groups in total. The molecule has 0 saturated carbocycles. The van der Waals surface area contributed by atoms with Crippen molar-refractivity contribution in [2.75, 3.05) is 0 Å². The highest BCUT2D eigenvalue weighted by Crippen LogP contribution is 2.34. The van der Waals surface area contributed by atoms with Crippen LogP contribution >= 0.6 is 0 Å². The van der Waals surface area contributed by atoms with E-state index in [-0.39, 0.29) is 11.2 Å². The van der Waals surface area contributed by atoms with Crippen molar-refractivity contribution >= 4 is 19.4 Å². The first kappa shape index (κ1) is 20.5. The Labute approximate surface area is 168 Å². The second-order valence-corrected chi connectivity index (χ2v) is 10.8. The van der Waals surface area contributed by atoms with Crippen LogP contribution in [0.1, 0.15) is 32.8 Å². The molecule has 0 amide bonds. The molecule has 0 aliphatic heterocycles. The van der Waals surface area contributed by atoms with Crippen LogP contribution in [0.2, 0.25) is 0 Å². The molecule has 0 heterocycles. The average molecular weight is 394 g/mol. The minimum Gasteiger partial charge on any atom is -0.390 e. The molecule has 0 unspecified atom stereocenters. The quantitative estimate of drug-likeness (QED) is 0.509. The van der Waals surface area contributed by atoms with Crippen LogP contribution in [0.15, 0.2) is 84.9 Å². The van der Waals surface area contributed by atoms with E-state index in [0.717, 1.165) is 5.56 Å². The lowest BCUT2D eigenvalue weighted by Gasteiger charge is -2.39. The molecule has 2 nitrogen and oxygen atoms in total. The van der Waals surface area contributed by atoms with Gasteiger partial charge in [-0.05, 0) is 39.9 Å². The summed E-state index contributed by atoms with van der Waals surface area (Å²) in [7, 11) is -2.07. The van der Waals surface area contributed by atoms with Gasteiger partial charge in [-0.3, -0.25) is 0 Å². The van der Waals surface area contributed by atoms with E-state index in [0.29, 0.717) is 6.42 Å². The second-order valence-electron chi connectivity index (χ2n) is 8.45. The van der Waals surface area contributed by atoms with E-state index in [1.54, 1.807) is 12.1 Å². The highest BCUT2D eigenvalue weighted by atomic mass is 28.3. The Bertz CT molecular complexity index is 838. The van der Waals surface area contributed by atoms with E-state index >= 15 is 0 Å². The van der Waals surface area contributed by atoms with E-state index in [1.165, 1.54) is 22.5 Å². The van der Waals surface area contributed by atoms with Crippen LogP contribution in [0.3, 0.4) is 0 Å². The SMILES string of the molecule is CC(C)(C)C[C@@](N)(O[SiH](c1ccccc1)c1ccccc1)c1ccc(F)cc1. The van der Waals surface area contributed by atoms with E-state index in [9.17, 15) is 4.39 Å². The van der Waals surface area contributed by atoms with Crippen molar-refractivity contribution in [3.05, 3.63) is 96.3 Å². The first-order chi connectivity index (χ1) is 13.3. The summed E-state index contributed by atoms with van der Waals surface area (Å²) in [4.78, 5) is 0. The Balaban J connectivity index is 2.06. The summed E-state index contributed by atoms with van der Waals surface area (Å²) >= 11 is 0. The molecule has 0 bridgehead atoms. The topological polar surface area (TPSA) is 35.2 Å². The lowest BCUT2D eigenvalue weighted by molar-refractivity contribution is 0.0305. The molecule has 0 fully saturated rings. The fourth-order valence-electron chi connectivity index (χ4n) is 3.53. The standard InChI is InChI=1S/C24H28FNOSi/c1-23(2,3)18-24(26,19-14-16-20(25)17-15-19)27-28(21-10-6-4-7-11-21)22-12-8-5-9-13-22/h4-17,28H,18,26H2,1-3H3/t24-/m1/s1. The number of nitrogens with two attached hydrogens (primary N) is 1. The number of hydrogen-bond acceptors (Lipinski definition) is 2. The fraction of sp³-hybridized carbons (Fsp3) is 0.250. The molecule has 0 spiro atoms. The Morgan fingerprint density at radius 3 is 1.68 bits per heavy atom. The lowest BCUT2D eigenvalue weighted by Crippen LogP contribution is -2.55. The maximum atomic E-state index is 13.5. The number of rotatable bonds is 6. The van der Waals surface area contributed by atoms with Gasteiger partial charge in [-0.1, -0.05) is 93.6 Å². The minimum absolute atomic E-state index is 0.0601. The second kappa shape index (κ2) is 8.39. The zero-order valence-corrected chi connectivity index (χ0v) is 17.9. The molecule has 0 radical (unpaired) electrons. The van der Waals surface area contributed by atoms with Gasteiger partial charge < -0.3 is 10.2 Å². The van der Waals surface area contributed by atoms with E-state index < -0.39 is 14.8 Å². The summed E-state index contributed by atoms with van der Waals surface area (Å²) in [6, 6.07) is 26.9. The molecule has 0 aliphatic rings. The van der Waals surface area contributed by atoms with E-state index in [1.807, 2.05) is 36.4 Å². The molecule has 0 aliphatic carbocycles. The molecule has 28 heavy (non-hydrogen) atoms. The predicted molar refractivity (Wildman–Crippen MR) is 117 cm³/mol. The summed E-state index contributed by atoms with van der Waals surface area (Å²) in [5, 5.41) is 2.33.